The van der Waals surface area contributed by atoms with Crippen LogP contribution in [-0.2, 0) is 45.9 Å². The first kappa shape index (κ1) is 52.8. The minimum absolute atomic E-state index is 0.0874. The van der Waals surface area contributed by atoms with Crippen LogP contribution in [0.15, 0.2) is 118 Å². The summed E-state index contributed by atoms with van der Waals surface area (Å²) in [6, 6.07) is 25.5. The van der Waals surface area contributed by atoms with Gasteiger partial charge in [-0.15, -0.1) is 0 Å². The highest BCUT2D eigenvalue weighted by molar-refractivity contribution is 8.04. The zero-order valence-corrected chi connectivity index (χ0v) is 40.9. The van der Waals surface area contributed by atoms with Gasteiger partial charge in [0.25, 0.3) is 5.01 Å². The lowest BCUT2D eigenvalue weighted by atomic mass is 10.1. The van der Waals surface area contributed by atoms with Crippen molar-refractivity contribution in [3.8, 4) is 0 Å². The van der Waals surface area contributed by atoms with Crippen molar-refractivity contribution in [1.82, 2.24) is 4.72 Å². The van der Waals surface area contributed by atoms with Crippen molar-refractivity contribution in [2.45, 2.75) is 48.7 Å². The van der Waals surface area contributed by atoms with Crippen LogP contribution in [0, 0.1) is 0 Å². The number of hydrogen-bond donors (Lipinski definition) is 1. The number of fused-ring (bicyclic) bond motifs is 4. The number of anilines is 3. The number of aryl methyl sites for hydroxylation is 1. The van der Waals surface area contributed by atoms with Gasteiger partial charge in [0.1, 0.15) is 11.0 Å². The number of aldehydes is 1. The summed E-state index contributed by atoms with van der Waals surface area (Å²) < 4.78 is 67.1. The number of sulfonamides is 1. The Kier molecular flexibility index (Phi) is 16.9. The highest BCUT2D eigenvalue weighted by Crippen LogP contribution is 2.47. The molecular weight excluding hydrogens is 1010 g/mol. The van der Waals surface area contributed by atoms with Gasteiger partial charge < -0.3 is 58.9 Å². The molecule has 0 spiro atoms. The summed E-state index contributed by atoms with van der Waals surface area (Å²) in [5.74, 6) is -6.37. The molecular formula is C46H40ClN5O14S4-4. The molecule has 70 heavy (non-hydrogen) atoms. The molecule has 1 aromatic heterocycles. The topological polar surface area (TPSA) is 295 Å². The van der Waals surface area contributed by atoms with Crippen LogP contribution in [0.25, 0.3) is 27.1 Å². The average Bonchev–Trinajstić information content (AvgIpc) is 3.84. The number of aliphatic carboxylic acids is 4. The Morgan fingerprint density at radius 2 is 1.39 bits per heavy atom. The molecule has 0 aliphatic carbocycles. The number of benzene rings is 5. The maximum Gasteiger partial charge on any atom is 0.265 e. The summed E-state index contributed by atoms with van der Waals surface area (Å²) in [7, 11) is -8.60. The smallest absolute Gasteiger partial charge is 0.265 e. The molecule has 7 rings (SSSR count). The van der Waals surface area contributed by atoms with Crippen molar-refractivity contribution >= 4 is 129 Å². The maximum atomic E-state index is 13.5. The summed E-state index contributed by atoms with van der Waals surface area (Å²) in [4.78, 5) is 59.1. The van der Waals surface area contributed by atoms with E-state index < -0.39 is 74.9 Å². The molecule has 2 atom stereocenters. The largest absolute Gasteiger partial charge is 0.748 e. The highest BCUT2D eigenvalue weighted by atomic mass is 35.5. The molecule has 24 heteroatoms. The normalized spacial score (nSPS) is 13.8. The molecule has 19 nitrogen and oxygen atoms in total. The van der Waals surface area contributed by atoms with Crippen LogP contribution in [-0.4, -0.2) is 89.1 Å². The quantitative estimate of drug-likeness (QED) is 0.0624. The lowest BCUT2D eigenvalue weighted by Crippen LogP contribution is -2.50. The van der Waals surface area contributed by atoms with Crippen molar-refractivity contribution in [3.63, 3.8) is 0 Å². The van der Waals surface area contributed by atoms with Crippen LogP contribution in [0.4, 0.5) is 17.1 Å². The molecule has 0 saturated carbocycles. The number of carbonyl (C=O) groups excluding carboxylic acids is 5. The van der Waals surface area contributed by atoms with E-state index in [2.05, 4.69) is 4.72 Å². The van der Waals surface area contributed by atoms with Crippen LogP contribution in [0.3, 0.4) is 0 Å². The van der Waals surface area contributed by atoms with Crippen LogP contribution in [0.2, 0.25) is 5.02 Å². The number of thiazole rings is 1. The molecule has 0 amide bonds. The molecule has 2 unspecified atom stereocenters. The van der Waals surface area contributed by atoms with E-state index in [1.165, 1.54) is 85.5 Å². The number of halogens is 1. The van der Waals surface area contributed by atoms with E-state index in [1.807, 2.05) is 53.1 Å². The van der Waals surface area contributed by atoms with Crippen molar-refractivity contribution in [2.24, 2.45) is 0 Å². The molecule has 1 aliphatic rings. The van der Waals surface area contributed by atoms with E-state index in [4.69, 9.17) is 11.6 Å². The average molecular weight is 1050 g/mol. The Morgan fingerprint density at radius 3 is 1.94 bits per heavy atom. The number of rotatable bonds is 20. The van der Waals surface area contributed by atoms with Gasteiger partial charge in [0.2, 0.25) is 15.5 Å². The third-order valence-corrected chi connectivity index (χ3v) is 15.4. The highest BCUT2D eigenvalue weighted by Gasteiger charge is 2.30. The molecule has 2 heterocycles. The fourth-order valence-corrected chi connectivity index (χ4v) is 11.2. The standard InChI is InChI=1S/C34H31ClN4O9S4.C12H13NO5/c1-21(34(42)43)38(19-32(40)41)24-9-11-25(12-10-24)52(47,48)36-20-39-27-17-23(35)8-14-28(27)49-31(39)18-30-37(15-4-16-51(44,45)46)33-26-6-3-2-5-22(26)7-13-29(33)50-30;1-8(12(17)18)13(6-11(15)16)10-4-2-9(7-14)3-5-10/h2-3,5-14,17-18,21,36H,4,15-16,19-20H2,1H3,(H2-,40,41,42,43,44,45,46);2-5,7-8H,6H2,1H3,(H,15,16)(H,17,18)/p-4. The summed E-state index contributed by atoms with van der Waals surface area (Å²) in [6.07, 6.45) is 2.61. The Morgan fingerprint density at radius 1 is 0.800 bits per heavy atom. The van der Waals surface area contributed by atoms with Crippen LogP contribution in [0.5, 0.6) is 0 Å². The molecule has 0 fully saturated rings. The second-order valence-electron chi connectivity index (χ2n) is 15.5. The van der Waals surface area contributed by atoms with Gasteiger partial charge in [-0.25, -0.2) is 16.8 Å². The van der Waals surface area contributed by atoms with Crippen LogP contribution >= 0.6 is 34.7 Å². The zero-order chi connectivity index (χ0) is 51.1. The van der Waals surface area contributed by atoms with Crippen molar-refractivity contribution in [2.75, 3.05) is 40.2 Å². The molecule has 0 radical (unpaired) electrons. The van der Waals surface area contributed by atoms with Gasteiger partial charge in [0.15, 0.2) is 6.54 Å². The van der Waals surface area contributed by atoms with E-state index in [0.29, 0.717) is 33.3 Å². The first-order valence-electron chi connectivity index (χ1n) is 20.8. The second kappa shape index (κ2) is 22.4. The fourth-order valence-electron chi connectivity index (χ4n) is 7.28. The van der Waals surface area contributed by atoms with E-state index in [-0.39, 0.29) is 30.2 Å². The van der Waals surface area contributed by atoms with Crippen molar-refractivity contribution in [3.05, 3.63) is 124 Å². The third-order valence-electron chi connectivity index (χ3n) is 10.8. The first-order valence-corrected chi connectivity index (χ1v) is 25.9. The van der Waals surface area contributed by atoms with Crippen LogP contribution < -0.4 is 44.4 Å². The Labute approximate surface area is 414 Å². The number of nitrogens with one attached hydrogen (secondary N) is 1. The molecule has 368 valence electrons. The maximum absolute atomic E-state index is 13.5. The third kappa shape index (κ3) is 13.0. The molecule has 5 aromatic carbocycles. The van der Waals surface area contributed by atoms with Crippen molar-refractivity contribution < 1.29 is 70.4 Å². The minimum Gasteiger partial charge on any atom is -0.748 e. The zero-order valence-electron chi connectivity index (χ0n) is 36.9. The summed E-state index contributed by atoms with van der Waals surface area (Å²) in [6.45, 7) is 1.24. The predicted octanol–water partition coefficient (Wildman–Crippen LogP) is 0.666. The van der Waals surface area contributed by atoms with Gasteiger partial charge in [0.05, 0.1) is 92.9 Å². The number of carboxylic acid groups (broad SMARTS) is 4. The Bertz CT molecular complexity index is 3220. The van der Waals surface area contributed by atoms with E-state index in [1.54, 1.807) is 17.0 Å². The van der Waals surface area contributed by atoms with Gasteiger partial charge in [-0.05, 0) is 98.1 Å². The molecule has 1 N–H and O–H groups in total. The number of aromatic nitrogens is 1. The van der Waals surface area contributed by atoms with Gasteiger partial charge in [-0.1, -0.05) is 59.0 Å². The van der Waals surface area contributed by atoms with Crippen LogP contribution in [0.1, 0.15) is 35.6 Å². The number of carbonyl (C=O) groups is 5. The second-order valence-corrected chi connectivity index (χ2v) is 21.3. The predicted molar refractivity (Wildman–Crippen MR) is 254 cm³/mol. The van der Waals surface area contributed by atoms with Gasteiger partial charge in [-0.2, -0.15) is 9.29 Å². The van der Waals surface area contributed by atoms with E-state index in [9.17, 15) is 65.8 Å². The molecule has 1 aliphatic heterocycles. The summed E-state index contributed by atoms with van der Waals surface area (Å²) in [5, 5.41) is 47.9. The number of thioether (sulfide) groups is 1. The number of hydrogen-bond acceptors (Lipinski definition) is 19. The fraction of sp³-hybridized carbons (Fsp3) is 0.217. The SMILES string of the molecule is CC(C(=O)[O-])N(CC(=O)[O-])c1ccc(C=O)cc1.CC(C(=O)[O-])N(CC(=O)[O-])c1ccc(S(=O)(=O)NCN2C(=Cc3sc4ccc5ccccc5c4[n+]3CCCS(=O)(=O)[O-])Sc3ccc(Cl)cc32)cc1. The minimum atomic E-state index is -4.44. The van der Waals surface area contributed by atoms with E-state index >= 15 is 0 Å². The number of carboxylic acids is 4. The van der Waals surface area contributed by atoms with Gasteiger partial charge >= 0.3 is 0 Å². The summed E-state index contributed by atoms with van der Waals surface area (Å²) in [5.41, 5.74) is 2.44. The van der Waals surface area contributed by atoms with Gasteiger partial charge in [-0.3, -0.25) is 4.79 Å². The number of nitrogens with zero attached hydrogens (tertiary/aromatic N) is 4. The Hall–Kier alpha value is -6.60. The van der Waals surface area contributed by atoms with Gasteiger partial charge in [0, 0.05) is 39.0 Å². The molecule has 6 aromatic rings. The molecule has 0 bridgehead atoms. The first-order chi connectivity index (χ1) is 33.1. The Balaban J connectivity index is 0.000000376. The monoisotopic (exact) mass is 1050 g/mol. The van der Waals surface area contributed by atoms with Crippen molar-refractivity contribution in [1.29, 1.82) is 0 Å². The van der Waals surface area contributed by atoms with E-state index in [0.717, 1.165) is 40.7 Å². The lowest BCUT2D eigenvalue weighted by Gasteiger charge is -2.32. The summed E-state index contributed by atoms with van der Waals surface area (Å²) >= 11 is 9.22. The molecule has 0 saturated heterocycles. The lowest BCUT2D eigenvalue weighted by molar-refractivity contribution is -0.667.